The standard InChI is InChI=1S/C16H22N2O4/c1-5-9-13(18(20)21)14(12-10-7-6-8-11-12)17-15(19)22-16(2,3)4/h5-8,10-11,13-14H,1,9H2,2-4H3,(H,17,19)/t13-,14+/m0/s1. The number of nitrogens with one attached hydrogen (secondary N) is 1. The topological polar surface area (TPSA) is 81.5 Å². The van der Waals surface area contributed by atoms with Crippen LogP contribution in [0.25, 0.3) is 0 Å². The number of nitro groups is 1. The predicted octanol–water partition coefficient (Wildman–Crippen LogP) is 3.47. The van der Waals surface area contributed by atoms with Crippen LogP contribution in [0.3, 0.4) is 0 Å². The van der Waals surface area contributed by atoms with Gasteiger partial charge in [0.2, 0.25) is 6.04 Å². The first-order valence-corrected chi connectivity index (χ1v) is 7.03. The van der Waals surface area contributed by atoms with Crippen LogP contribution in [0.4, 0.5) is 4.79 Å². The molecule has 6 heteroatoms. The number of alkyl carbamates (subject to hydrolysis) is 1. The summed E-state index contributed by atoms with van der Waals surface area (Å²) in [6.07, 6.45) is 0.931. The van der Waals surface area contributed by atoms with Crippen LogP contribution in [0, 0.1) is 10.1 Å². The van der Waals surface area contributed by atoms with Gasteiger partial charge in [-0.1, -0.05) is 36.4 Å². The zero-order valence-corrected chi connectivity index (χ0v) is 13.1. The molecule has 0 unspecified atom stereocenters. The maximum atomic E-state index is 12.0. The van der Waals surface area contributed by atoms with Gasteiger partial charge in [-0.3, -0.25) is 10.1 Å². The molecule has 0 bridgehead atoms. The van der Waals surface area contributed by atoms with Gasteiger partial charge in [0.25, 0.3) is 0 Å². The van der Waals surface area contributed by atoms with E-state index >= 15 is 0 Å². The Kier molecular flexibility index (Phi) is 6.10. The molecule has 0 aromatic heterocycles. The third-order valence-electron chi connectivity index (χ3n) is 2.89. The summed E-state index contributed by atoms with van der Waals surface area (Å²) in [4.78, 5) is 22.9. The Balaban J connectivity index is 3.03. The molecule has 2 atom stereocenters. The summed E-state index contributed by atoms with van der Waals surface area (Å²) in [5.74, 6) is 0. The highest BCUT2D eigenvalue weighted by Crippen LogP contribution is 2.22. The minimum absolute atomic E-state index is 0.141. The van der Waals surface area contributed by atoms with Crippen molar-refractivity contribution in [3.63, 3.8) is 0 Å². The highest BCUT2D eigenvalue weighted by atomic mass is 16.6. The van der Waals surface area contributed by atoms with Gasteiger partial charge in [-0.2, -0.15) is 0 Å². The molecular formula is C16H22N2O4. The number of carbonyl (C=O) groups is 1. The summed E-state index contributed by atoms with van der Waals surface area (Å²) in [5.41, 5.74) is -0.0228. The molecule has 0 saturated carbocycles. The summed E-state index contributed by atoms with van der Waals surface area (Å²) < 4.78 is 5.20. The van der Waals surface area contributed by atoms with Crippen molar-refractivity contribution in [3.05, 3.63) is 58.7 Å². The predicted molar refractivity (Wildman–Crippen MR) is 84.1 cm³/mol. The fourth-order valence-electron chi connectivity index (χ4n) is 2.01. The molecule has 0 aliphatic rings. The Hall–Kier alpha value is -2.37. The van der Waals surface area contributed by atoms with E-state index in [9.17, 15) is 14.9 Å². The second-order valence-corrected chi connectivity index (χ2v) is 5.91. The normalized spacial score (nSPS) is 13.8. The molecule has 0 heterocycles. The minimum atomic E-state index is -1.01. The SMILES string of the molecule is C=CC[C@@H]([C@H](NC(=O)OC(C)(C)C)c1ccccc1)[N+](=O)[O-]. The van der Waals surface area contributed by atoms with Crippen molar-refractivity contribution in [1.82, 2.24) is 5.32 Å². The molecule has 0 spiro atoms. The van der Waals surface area contributed by atoms with E-state index < -0.39 is 28.7 Å². The Morgan fingerprint density at radius 1 is 1.41 bits per heavy atom. The van der Waals surface area contributed by atoms with Gasteiger partial charge in [0.05, 0.1) is 0 Å². The number of rotatable bonds is 6. The van der Waals surface area contributed by atoms with Gasteiger partial charge in [0, 0.05) is 11.3 Å². The van der Waals surface area contributed by atoms with Gasteiger partial charge in [-0.25, -0.2) is 4.79 Å². The van der Waals surface area contributed by atoms with Gasteiger partial charge < -0.3 is 10.1 Å². The highest BCUT2D eigenvalue weighted by molar-refractivity contribution is 5.68. The smallest absolute Gasteiger partial charge is 0.408 e. The van der Waals surface area contributed by atoms with E-state index in [1.807, 2.05) is 6.07 Å². The van der Waals surface area contributed by atoms with Crippen molar-refractivity contribution in [1.29, 1.82) is 0 Å². The van der Waals surface area contributed by atoms with E-state index in [0.717, 1.165) is 0 Å². The van der Waals surface area contributed by atoms with Crippen LogP contribution < -0.4 is 5.32 Å². The maximum Gasteiger partial charge on any atom is 0.408 e. The average molecular weight is 306 g/mol. The first kappa shape index (κ1) is 17.7. The number of carbonyl (C=O) groups excluding carboxylic acids is 1. The second-order valence-electron chi connectivity index (χ2n) is 5.91. The molecule has 0 radical (unpaired) electrons. The van der Waals surface area contributed by atoms with Crippen LogP contribution in [0.5, 0.6) is 0 Å². The van der Waals surface area contributed by atoms with E-state index in [-0.39, 0.29) is 6.42 Å². The number of nitrogens with zero attached hydrogens (tertiary/aromatic N) is 1. The molecule has 22 heavy (non-hydrogen) atoms. The van der Waals surface area contributed by atoms with Gasteiger partial charge in [-0.15, -0.1) is 6.58 Å². The highest BCUT2D eigenvalue weighted by Gasteiger charge is 2.34. The number of hydrogen-bond donors (Lipinski definition) is 1. The Morgan fingerprint density at radius 3 is 2.45 bits per heavy atom. The number of ether oxygens (including phenoxy) is 1. The fourth-order valence-corrected chi connectivity index (χ4v) is 2.01. The molecule has 1 N–H and O–H groups in total. The Bertz CT molecular complexity index is 523. The third kappa shape index (κ3) is 5.55. The molecular weight excluding hydrogens is 284 g/mol. The van der Waals surface area contributed by atoms with Crippen molar-refractivity contribution in [2.45, 2.75) is 44.9 Å². The molecule has 6 nitrogen and oxygen atoms in total. The van der Waals surface area contributed by atoms with Gasteiger partial charge >= 0.3 is 6.09 Å². The maximum absolute atomic E-state index is 12.0. The zero-order valence-electron chi connectivity index (χ0n) is 13.1. The third-order valence-corrected chi connectivity index (χ3v) is 2.89. The van der Waals surface area contributed by atoms with E-state index in [2.05, 4.69) is 11.9 Å². The molecule has 0 aliphatic heterocycles. The molecule has 1 aromatic carbocycles. The van der Waals surface area contributed by atoms with Gasteiger partial charge in [-0.05, 0) is 26.3 Å². The van der Waals surface area contributed by atoms with Crippen molar-refractivity contribution < 1.29 is 14.5 Å². The monoisotopic (exact) mass is 306 g/mol. The first-order chi connectivity index (χ1) is 10.2. The van der Waals surface area contributed by atoms with Crippen molar-refractivity contribution in [2.24, 2.45) is 0 Å². The van der Waals surface area contributed by atoms with Gasteiger partial charge in [0.15, 0.2) is 0 Å². The minimum Gasteiger partial charge on any atom is -0.444 e. The number of hydrogen-bond acceptors (Lipinski definition) is 4. The first-order valence-electron chi connectivity index (χ1n) is 7.03. The zero-order chi connectivity index (χ0) is 16.8. The Morgan fingerprint density at radius 2 is 2.00 bits per heavy atom. The molecule has 0 fully saturated rings. The largest absolute Gasteiger partial charge is 0.444 e. The fraction of sp³-hybridized carbons (Fsp3) is 0.438. The molecule has 0 aliphatic carbocycles. The van der Waals surface area contributed by atoms with Crippen LogP contribution >= 0.6 is 0 Å². The van der Waals surface area contributed by atoms with E-state index in [4.69, 9.17) is 4.74 Å². The van der Waals surface area contributed by atoms with E-state index in [1.165, 1.54) is 6.08 Å². The van der Waals surface area contributed by atoms with Crippen LogP contribution in [-0.2, 0) is 4.74 Å². The molecule has 1 amide bonds. The van der Waals surface area contributed by atoms with Gasteiger partial charge in [0.1, 0.15) is 11.6 Å². The summed E-state index contributed by atoms with van der Waals surface area (Å²) in [7, 11) is 0. The van der Waals surface area contributed by atoms with Crippen molar-refractivity contribution in [3.8, 4) is 0 Å². The lowest BCUT2D eigenvalue weighted by Crippen LogP contribution is -2.42. The van der Waals surface area contributed by atoms with Crippen LogP contribution in [-0.4, -0.2) is 22.7 Å². The summed E-state index contributed by atoms with van der Waals surface area (Å²) in [5, 5.41) is 13.9. The van der Waals surface area contributed by atoms with E-state index in [0.29, 0.717) is 5.56 Å². The van der Waals surface area contributed by atoms with Crippen LogP contribution in [0.15, 0.2) is 43.0 Å². The molecule has 0 saturated heterocycles. The van der Waals surface area contributed by atoms with Crippen LogP contribution in [0.2, 0.25) is 0 Å². The lowest BCUT2D eigenvalue weighted by Gasteiger charge is -2.25. The van der Waals surface area contributed by atoms with Crippen molar-refractivity contribution in [2.75, 3.05) is 0 Å². The van der Waals surface area contributed by atoms with Crippen LogP contribution in [0.1, 0.15) is 38.8 Å². The second kappa shape index (κ2) is 7.59. The summed E-state index contributed by atoms with van der Waals surface area (Å²) in [6, 6.07) is 7.02. The number of benzene rings is 1. The summed E-state index contributed by atoms with van der Waals surface area (Å²) >= 11 is 0. The molecule has 1 rings (SSSR count). The van der Waals surface area contributed by atoms with Crippen molar-refractivity contribution >= 4 is 6.09 Å². The summed E-state index contributed by atoms with van der Waals surface area (Å²) in [6.45, 7) is 8.75. The molecule has 1 aromatic rings. The van der Waals surface area contributed by atoms with E-state index in [1.54, 1.807) is 45.0 Å². The Labute approximate surface area is 130 Å². The quantitative estimate of drug-likeness (QED) is 0.495. The molecule has 120 valence electrons. The number of amides is 1. The average Bonchev–Trinajstić information content (AvgIpc) is 2.41. The lowest BCUT2D eigenvalue weighted by molar-refractivity contribution is -0.526. The lowest BCUT2D eigenvalue weighted by atomic mass is 9.97.